The Morgan fingerprint density at radius 2 is 1.80 bits per heavy atom. The predicted octanol–water partition coefficient (Wildman–Crippen LogP) is 7.90. The summed E-state index contributed by atoms with van der Waals surface area (Å²) >= 11 is 1.43. The van der Waals surface area contributed by atoms with Crippen LogP contribution in [0.1, 0.15) is 92.2 Å². The van der Waals surface area contributed by atoms with Crippen molar-refractivity contribution in [1.29, 1.82) is 0 Å². The third-order valence-electron chi connectivity index (χ3n) is 6.39. The van der Waals surface area contributed by atoms with Gasteiger partial charge in [0.15, 0.2) is 0 Å². The number of thioether (sulfide) groups is 1. The van der Waals surface area contributed by atoms with Gasteiger partial charge in [0.1, 0.15) is 16.6 Å². The Labute approximate surface area is 243 Å². The van der Waals surface area contributed by atoms with Crippen LogP contribution in [0, 0.1) is 23.2 Å². The Morgan fingerprint density at radius 3 is 2.27 bits per heavy atom. The number of nitrogens with one attached hydrogen (secondary N) is 3. The molecule has 0 radical (unpaired) electrons. The van der Waals surface area contributed by atoms with Gasteiger partial charge >= 0.3 is 6.18 Å². The lowest BCUT2D eigenvalue weighted by molar-refractivity contribution is -0.137. The summed E-state index contributed by atoms with van der Waals surface area (Å²) in [5, 5.41) is 2.71. The second-order valence-corrected chi connectivity index (χ2v) is 11.1. The first-order chi connectivity index (χ1) is 18.9. The van der Waals surface area contributed by atoms with Gasteiger partial charge in [0.25, 0.3) is 5.91 Å². The second-order valence-electron chi connectivity index (χ2n) is 9.85. The van der Waals surface area contributed by atoms with E-state index in [-0.39, 0.29) is 27.7 Å². The van der Waals surface area contributed by atoms with E-state index in [0.29, 0.717) is 17.9 Å². The second kappa shape index (κ2) is 16.8. The van der Waals surface area contributed by atoms with E-state index in [0.717, 1.165) is 18.6 Å². The molecule has 1 aliphatic heterocycles. The van der Waals surface area contributed by atoms with Crippen LogP contribution in [0.15, 0.2) is 35.9 Å². The zero-order valence-electron chi connectivity index (χ0n) is 25.3. The fraction of sp³-hybridized carbons (Fsp3) is 0.581. The van der Waals surface area contributed by atoms with Gasteiger partial charge in [-0.3, -0.25) is 4.79 Å². The Kier molecular flexibility index (Phi) is 14.9. The highest BCUT2D eigenvalue weighted by molar-refractivity contribution is 8.00. The van der Waals surface area contributed by atoms with Gasteiger partial charge in [-0.2, -0.15) is 13.2 Å². The summed E-state index contributed by atoms with van der Waals surface area (Å²) < 4.78 is 45.4. The number of benzene rings is 1. The summed E-state index contributed by atoms with van der Waals surface area (Å²) in [6, 6.07) is 3.28. The molecule has 1 amide bonds. The largest absolute Gasteiger partial charge is 0.496 e. The zero-order chi connectivity index (χ0) is 30.5. The summed E-state index contributed by atoms with van der Waals surface area (Å²) in [7, 11) is 1.39. The molecular weight excluding hydrogens is 535 g/mol. The number of unbranched alkanes of at least 4 members (excludes halogenated alkanes) is 1. The summed E-state index contributed by atoms with van der Waals surface area (Å²) in [5.74, 6) is 6.72. The average molecular weight is 582 g/mol. The molecule has 2 aliphatic rings. The van der Waals surface area contributed by atoms with Crippen LogP contribution in [0.5, 0.6) is 5.75 Å². The maximum Gasteiger partial charge on any atom is 0.416 e. The van der Waals surface area contributed by atoms with E-state index < -0.39 is 23.1 Å². The number of ether oxygens (including phenoxy) is 1. The quantitative estimate of drug-likeness (QED) is 0.174. The minimum Gasteiger partial charge on any atom is -0.496 e. The monoisotopic (exact) mass is 581 g/mol. The minimum absolute atomic E-state index is 0.176. The van der Waals surface area contributed by atoms with Crippen molar-refractivity contribution < 1.29 is 22.7 Å². The van der Waals surface area contributed by atoms with Gasteiger partial charge in [0.2, 0.25) is 0 Å². The van der Waals surface area contributed by atoms with Crippen molar-refractivity contribution in [3.8, 4) is 17.6 Å². The lowest BCUT2D eigenvalue weighted by atomic mass is 9.94. The number of methoxy groups -OCH3 is 1. The van der Waals surface area contributed by atoms with Crippen LogP contribution in [0.3, 0.4) is 0 Å². The number of hydrogen-bond donors (Lipinski definition) is 3. The molecule has 0 spiro atoms. The molecule has 1 heterocycles. The molecule has 3 unspecified atom stereocenters. The van der Waals surface area contributed by atoms with E-state index in [9.17, 15) is 18.0 Å². The normalized spacial score (nSPS) is 21.6. The number of amides is 1. The van der Waals surface area contributed by atoms with E-state index in [1.54, 1.807) is 26.0 Å². The highest BCUT2D eigenvalue weighted by Gasteiger charge is 2.44. The van der Waals surface area contributed by atoms with Crippen LogP contribution in [-0.2, 0) is 11.0 Å². The fourth-order valence-electron chi connectivity index (χ4n) is 3.71. The molecule has 5 nitrogen and oxygen atoms in total. The van der Waals surface area contributed by atoms with Gasteiger partial charge in [-0.25, -0.2) is 10.9 Å². The Bertz CT molecular complexity index is 1090. The molecule has 224 valence electrons. The van der Waals surface area contributed by atoms with Crippen molar-refractivity contribution in [2.75, 3.05) is 7.11 Å². The Balaban J connectivity index is 0.00000122. The van der Waals surface area contributed by atoms with Gasteiger partial charge in [0, 0.05) is 17.1 Å². The molecule has 9 heteroatoms. The Hall–Kier alpha value is -2.41. The van der Waals surface area contributed by atoms with E-state index in [2.05, 4.69) is 55.7 Å². The molecule has 0 aromatic heterocycles. The highest BCUT2D eigenvalue weighted by atomic mass is 32.2. The van der Waals surface area contributed by atoms with Crippen LogP contribution in [-0.4, -0.2) is 23.9 Å². The molecule has 3 atom stereocenters. The van der Waals surface area contributed by atoms with Gasteiger partial charge in [-0.05, 0) is 49.0 Å². The van der Waals surface area contributed by atoms with Crippen molar-refractivity contribution in [1.82, 2.24) is 16.2 Å². The van der Waals surface area contributed by atoms with E-state index in [1.165, 1.54) is 37.8 Å². The molecule has 0 bridgehead atoms. The summed E-state index contributed by atoms with van der Waals surface area (Å²) in [4.78, 5) is 13.2. The minimum atomic E-state index is -4.51. The van der Waals surface area contributed by atoms with Crippen LogP contribution in [0.25, 0.3) is 5.57 Å². The molecule has 1 aromatic carbocycles. The zero-order valence-corrected chi connectivity index (χ0v) is 26.1. The van der Waals surface area contributed by atoms with E-state index in [1.807, 2.05) is 13.8 Å². The Morgan fingerprint density at radius 1 is 1.18 bits per heavy atom. The first kappa shape index (κ1) is 35.6. The number of rotatable bonds is 7. The number of carbonyl (C=O) groups is 1. The SMILES string of the molecule is C/C=C\C(C(=O)NC1NNC(C#CC2CC2(C)C)S1)=C(/CC)c1cc(C(F)(F)F)ccc1OC.CC.CCCC. The van der Waals surface area contributed by atoms with Crippen LogP contribution in [0.4, 0.5) is 13.2 Å². The predicted molar refractivity (Wildman–Crippen MR) is 161 cm³/mol. The topological polar surface area (TPSA) is 62.4 Å². The number of alkyl halides is 3. The van der Waals surface area contributed by atoms with Crippen LogP contribution >= 0.6 is 11.8 Å². The van der Waals surface area contributed by atoms with Gasteiger partial charge in [-0.1, -0.05) is 97.1 Å². The van der Waals surface area contributed by atoms with Crippen LogP contribution < -0.4 is 20.9 Å². The third-order valence-corrected chi connectivity index (χ3v) is 7.41. The van der Waals surface area contributed by atoms with Crippen LogP contribution in [0.2, 0.25) is 0 Å². The molecular formula is C31H46F3N3O2S. The average Bonchev–Trinajstić information content (AvgIpc) is 3.31. The molecule has 3 rings (SSSR count). The number of halogens is 3. The first-order valence-electron chi connectivity index (χ1n) is 14.0. The van der Waals surface area contributed by atoms with Crippen molar-refractivity contribution in [2.45, 2.75) is 98.1 Å². The number of allylic oxidation sites excluding steroid dienone is 2. The van der Waals surface area contributed by atoms with Gasteiger partial charge in [-0.15, -0.1) is 0 Å². The third kappa shape index (κ3) is 10.5. The number of hydrogen-bond acceptors (Lipinski definition) is 5. The lowest BCUT2D eigenvalue weighted by Gasteiger charge is -2.18. The standard InChI is InChI=1S/C25H30F3N3O2S.C4H10.C2H6/c1-6-8-18(17(7-2)19-13-15(25(26,27)28)9-11-20(19)33-5)22(32)29-23-31-30-21(34-23)12-10-16-14-24(16,3)4;1-3-4-2;1-2/h6,8-9,11,13,16,21,23,30-31H,7,14H2,1-5H3,(H,29,32);3-4H2,1-2H3;1-2H3/b8-6-,18-17-;;. The molecule has 1 saturated heterocycles. The lowest BCUT2D eigenvalue weighted by Crippen LogP contribution is -2.44. The first-order valence-corrected chi connectivity index (χ1v) is 15.0. The van der Waals surface area contributed by atoms with Crippen molar-refractivity contribution in [3.05, 3.63) is 47.1 Å². The molecule has 3 N–H and O–H groups in total. The molecule has 40 heavy (non-hydrogen) atoms. The fourth-order valence-corrected chi connectivity index (χ4v) is 4.56. The smallest absolute Gasteiger partial charge is 0.416 e. The van der Waals surface area contributed by atoms with Gasteiger partial charge in [0.05, 0.1) is 12.7 Å². The van der Waals surface area contributed by atoms with E-state index in [4.69, 9.17) is 4.74 Å². The summed E-state index contributed by atoms with van der Waals surface area (Å²) in [5.41, 5.74) is 6.06. The van der Waals surface area contributed by atoms with Crippen molar-refractivity contribution in [3.63, 3.8) is 0 Å². The highest BCUT2D eigenvalue weighted by Crippen LogP contribution is 2.51. The summed E-state index contributed by atoms with van der Waals surface area (Å²) in [6.07, 6.45) is 2.84. The maximum atomic E-state index is 13.4. The van der Waals surface area contributed by atoms with E-state index >= 15 is 0 Å². The van der Waals surface area contributed by atoms with Crippen molar-refractivity contribution in [2.24, 2.45) is 11.3 Å². The van der Waals surface area contributed by atoms with Gasteiger partial charge < -0.3 is 10.1 Å². The number of carbonyl (C=O) groups excluding carboxylic acids is 1. The molecule has 1 aliphatic carbocycles. The summed E-state index contributed by atoms with van der Waals surface area (Å²) in [6.45, 7) is 16.3. The molecule has 1 saturated carbocycles. The van der Waals surface area contributed by atoms with Crippen molar-refractivity contribution >= 4 is 23.2 Å². The molecule has 1 aromatic rings. The number of hydrazine groups is 1. The maximum absolute atomic E-state index is 13.4. The molecule has 2 fully saturated rings.